The van der Waals surface area contributed by atoms with Crippen LogP contribution in [0.1, 0.15) is 37.2 Å². The minimum atomic E-state index is -0.322. The van der Waals surface area contributed by atoms with E-state index in [-0.39, 0.29) is 11.5 Å². The van der Waals surface area contributed by atoms with Crippen LogP contribution in [0.25, 0.3) is 0 Å². The summed E-state index contributed by atoms with van der Waals surface area (Å²) in [6, 6.07) is 11.4. The molecule has 0 aromatic heterocycles. The van der Waals surface area contributed by atoms with E-state index in [4.69, 9.17) is 20.0 Å². The molecule has 6 heteroatoms. The Hall–Kier alpha value is -2.41. The predicted octanol–water partition coefficient (Wildman–Crippen LogP) is 2.90. The lowest BCUT2D eigenvalue weighted by Crippen LogP contribution is -2.34. The van der Waals surface area contributed by atoms with Crippen LogP contribution in [0.5, 0.6) is 0 Å². The van der Waals surface area contributed by atoms with Crippen LogP contribution in [0.2, 0.25) is 0 Å². The molecular formula is C17H18N4O2. The second kappa shape index (κ2) is 6.78. The van der Waals surface area contributed by atoms with Gasteiger partial charge in [-0.3, -0.25) is 5.43 Å². The zero-order chi connectivity index (χ0) is 16.1. The third-order valence-electron chi connectivity index (χ3n) is 4.45. The van der Waals surface area contributed by atoms with Gasteiger partial charge in [0.2, 0.25) is 5.71 Å². The number of rotatable bonds is 3. The summed E-state index contributed by atoms with van der Waals surface area (Å²) in [5.74, 6) is 0.192. The molecule has 1 aliphatic heterocycles. The maximum atomic E-state index is 8.64. The molecule has 0 atom stereocenters. The second-order valence-corrected chi connectivity index (χ2v) is 5.80. The van der Waals surface area contributed by atoms with Crippen LogP contribution in [-0.2, 0) is 9.47 Å². The van der Waals surface area contributed by atoms with Crippen molar-refractivity contribution in [3.63, 3.8) is 0 Å². The molecular weight excluding hydrogens is 292 g/mol. The highest BCUT2D eigenvalue weighted by molar-refractivity contribution is 6.10. The van der Waals surface area contributed by atoms with Crippen molar-refractivity contribution >= 4 is 11.4 Å². The van der Waals surface area contributed by atoms with Gasteiger partial charge >= 0.3 is 0 Å². The van der Waals surface area contributed by atoms with Crippen molar-refractivity contribution in [2.75, 3.05) is 18.6 Å². The van der Waals surface area contributed by atoms with Gasteiger partial charge in [-0.15, -0.1) is 0 Å². The number of ether oxygens (including phenoxy) is 2. The molecule has 1 N–H and O–H groups in total. The van der Waals surface area contributed by atoms with Crippen molar-refractivity contribution in [2.45, 2.75) is 37.4 Å². The lowest BCUT2D eigenvalue weighted by atomic mass is 9.81. The summed E-state index contributed by atoms with van der Waals surface area (Å²) in [4.78, 5) is 0. The van der Waals surface area contributed by atoms with E-state index >= 15 is 0 Å². The average Bonchev–Trinajstić information content (AvgIpc) is 3.05. The summed E-state index contributed by atoms with van der Waals surface area (Å²) < 4.78 is 11.5. The fourth-order valence-corrected chi connectivity index (χ4v) is 3.20. The van der Waals surface area contributed by atoms with Crippen molar-refractivity contribution < 1.29 is 9.47 Å². The van der Waals surface area contributed by atoms with Crippen LogP contribution in [0, 0.1) is 22.7 Å². The minimum Gasteiger partial charge on any atom is -0.348 e. The van der Waals surface area contributed by atoms with E-state index in [9.17, 15) is 0 Å². The summed E-state index contributed by atoms with van der Waals surface area (Å²) >= 11 is 0. The van der Waals surface area contributed by atoms with Gasteiger partial charge in [0.25, 0.3) is 0 Å². The third kappa shape index (κ3) is 3.50. The number of hydrogen-bond donors (Lipinski definition) is 1. The van der Waals surface area contributed by atoms with Crippen LogP contribution in [0.4, 0.5) is 5.69 Å². The first-order chi connectivity index (χ1) is 11.2. The van der Waals surface area contributed by atoms with Crippen molar-refractivity contribution in [1.82, 2.24) is 0 Å². The Labute approximate surface area is 135 Å². The average molecular weight is 310 g/mol. The van der Waals surface area contributed by atoms with E-state index in [0.717, 1.165) is 31.4 Å². The smallest absolute Gasteiger partial charge is 0.237 e. The fourth-order valence-electron chi connectivity index (χ4n) is 3.20. The highest BCUT2D eigenvalue weighted by Gasteiger charge is 2.40. The summed E-state index contributed by atoms with van der Waals surface area (Å²) in [6.07, 6.45) is 3.99. The van der Waals surface area contributed by atoms with E-state index in [2.05, 4.69) is 22.7 Å². The van der Waals surface area contributed by atoms with Gasteiger partial charge in [0.05, 0.1) is 18.9 Å². The Morgan fingerprint density at radius 2 is 1.70 bits per heavy atom. The topological polar surface area (TPSA) is 90.4 Å². The first-order valence-corrected chi connectivity index (χ1v) is 7.76. The standard InChI is InChI=1S/C17H18N4O2/c18-11-16(12-19)21-20-15-3-1-13(2-4-15)14-5-7-17(8-6-14)22-9-10-23-17/h1-4,14,20H,5-10H2. The molecule has 1 saturated carbocycles. The van der Waals surface area contributed by atoms with E-state index in [1.807, 2.05) is 12.1 Å². The van der Waals surface area contributed by atoms with Crippen molar-refractivity contribution in [2.24, 2.45) is 5.10 Å². The zero-order valence-electron chi connectivity index (χ0n) is 12.8. The summed E-state index contributed by atoms with van der Waals surface area (Å²) in [5.41, 5.74) is 4.57. The number of benzene rings is 1. The molecule has 1 aromatic rings. The van der Waals surface area contributed by atoms with E-state index in [1.165, 1.54) is 5.56 Å². The summed E-state index contributed by atoms with van der Waals surface area (Å²) in [5, 5.41) is 21.0. The maximum Gasteiger partial charge on any atom is 0.237 e. The van der Waals surface area contributed by atoms with Crippen LogP contribution < -0.4 is 5.43 Å². The van der Waals surface area contributed by atoms with E-state index in [0.29, 0.717) is 19.1 Å². The van der Waals surface area contributed by atoms with Crippen molar-refractivity contribution in [3.8, 4) is 12.1 Å². The predicted molar refractivity (Wildman–Crippen MR) is 84.6 cm³/mol. The summed E-state index contributed by atoms with van der Waals surface area (Å²) in [7, 11) is 0. The molecule has 0 amide bonds. The fraction of sp³-hybridized carbons (Fsp3) is 0.471. The highest BCUT2D eigenvalue weighted by atomic mass is 16.7. The first-order valence-electron chi connectivity index (χ1n) is 7.76. The molecule has 0 bridgehead atoms. The number of nitrogens with zero attached hydrogens (tertiary/aromatic N) is 3. The van der Waals surface area contributed by atoms with Crippen molar-refractivity contribution in [3.05, 3.63) is 29.8 Å². The Morgan fingerprint density at radius 1 is 1.09 bits per heavy atom. The first kappa shape index (κ1) is 15.5. The van der Waals surface area contributed by atoms with Crippen LogP contribution in [-0.4, -0.2) is 24.7 Å². The van der Waals surface area contributed by atoms with Gasteiger partial charge in [-0.2, -0.15) is 15.6 Å². The third-order valence-corrected chi connectivity index (χ3v) is 4.45. The number of hydrazone groups is 1. The molecule has 1 heterocycles. The molecule has 1 saturated heterocycles. The number of anilines is 1. The molecule has 0 unspecified atom stereocenters. The van der Waals surface area contributed by atoms with Gasteiger partial charge in [0.15, 0.2) is 5.79 Å². The molecule has 6 nitrogen and oxygen atoms in total. The lowest BCUT2D eigenvalue weighted by Gasteiger charge is -2.35. The molecule has 1 aromatic carbocycles. The van der Waals surface area contributed by atoms with Gasteiger partial charge < -0.3 is 9.47 Å². The number of nitrogens with one attached hydrogen (secondary N) is 1. The van der Waals surface area contributed by atoms with E-state index in [1.54, 1.807) is 12.1 Å². The Morgan fingerprint density at radius 3 is 2.26 bits per heavy atom. The number of hydrogen-bond acceptors (Lipinski definition) is 6. The molecule has 2 aliphatic rings. The highest BCUT2D eigenvalue weighted by Crippen LogP contribution is 2.42. The van der Waals surface area contributed by atoms with Gasteiger partial charge in [-0.05, 0) is 36.5 Å². The van der Waals surface area contributed by atoms with Crippen molar-refractivity contribution in [1.29, 1.82) is 10.5 Å². The maximum absolute atomic E-state index is 8.64. The molecule has 3 rings (SSSR count). The Kier molecular flexibility index (Phi) is 4.57. The summed E-state index contributed by atoms with van der Waals surface area (Å²) in [6.45, 7) is 1.41. The Bertz CT molecular complexity index is 637. The van der Waals surface area contributed by atoms with Gasteiger partial charge in [-0.1, -0.05) is 12.1 Å². The minimum absolute atomic E-state index is 0.191. The molecule has 118 valence electrons. The SMILES string of the molecule is N#CC(C#N)=NNc1ccc(C2CCC3(CC2)OCCO3)cc1. The molecule has 2 fully saturated rings. The van der Waals surface area contributed by atoms with Crippen LogP contribution >= 0.6 is 0 Å². The number of nitriles is 2. The Balaban J connectivity index is 1.59. The monoisotopic (exact) mass is 310 g/mol. The van der Waals surface area contributed by atoms with Gasteiger partial charge in [-0.25, -0.2) is 0 Å². The van der Waals surface area contributed by atoms with Crippen LogP contribution in [0.15, 0.2) is 29.4 Å². The molecule has 23 heavy (non-hydrogen) atoms. The quantitative estimate of drug-likeness (QED) is 0.684. The largest absolute Gasteiger partial charge is 0.348 e. The lowest BCUT2D eigenvalue weighted by molar-refractivity contribution is -0.178. The molecule has 1 spiro atoms. The van der Waals surface area contributed by atoms with Crippen LogP contribution in [0.3, 0.4) is 0 Å². The normalized spacial score (nSPS) is 19.7. The zero-order valence-corrected chi connectivity index (χ0v) is 12.8. The van der Waals surface area contributed by atoms with E-state index < -0.39 is 0 Å². The molecule has 0 radical (unpaired) electrons. The molecule has 1 aliphatic carbocycles. The second-order valence-electron chi connectivity index (χ2n) is 5.80. The van der Waals surface area contributed by atoms with Gasteiger partial charge in [0.1, 0.15) is 12.1 Å². The van der Waals surface area contributed by atoms with Gasteiger partial charge in [0, 0.05) is 12.8 Å².